The maximum absolute atomic E-state index is 2.58. The molecule has 0 saturated carbocycles. The fraction of sp³-hybridized carbons (Fsp3) is 0.561. The van der Waals surface area contributed by atoms with Gasteiger partial charge in [0.2, 0.25) is 0 Å². The van der Waals surface area contributed by atoms with Crippen molar-refractivity contribution in [1.29, 1.82) is 0 Å². The van der Waals surface area contributed by atoms with Gasteiger partial charge in [0.05, 0.1) is 0 Å². The van der Waals surface area contributed by atoms with Crippen LogP contribution in [0.1, 0.15) is 165 Å². The molecule has 0 nitrogen and oxygen atoms in total. The maximum atomic E-state index is 2.58. The molecule has 3 rings (SSSR count). The zero-order valence-corrected chi connectivity index (χ0v) is 29.1. The van der Waals surface area contributed by atoms with E-state index >= 15 is 0 Å². The average Bonchev–Trinajstić information content (AvgIpc) is 2.94. The summed E-state index contributed by atoms with van der Waals surface area (Å²) in [7, 11) is 0. The minimum absolute atomic E-state index is 0.107. The van der Waals surface area contributed by atoms with Crippen LogP contribution in [-0.2, 0) is 21.7 Å². The zero-order valence-electron chi connectivity index (χ0n) is 29.1. The number of benzene rings is 3. The normalized spacial score (nSPS) is 13.2. The smallest absolute Gasteiger partial charge is 0.0345 e. The van der Waals surface area contributed by atoms with E-state index in [0.29, 0.717) is 0 Å². The SMILES string of the molecule is CCC(C)(C)c1cc(C(c2ccccc2)c2cc(C(C)(C)CC)cc(C(C)(C)CC)c2C)c(C)c(C(C)(C)CC)c1. The lowest BCUT2D eigenvalue weighted by Gasteiger charge is -2.36. The Morgan fingerprint density at radius 2 is 0.829 bits per heavy atom. The molecule has 0 N–H and O–H groups in total. The summed E-state index contributed by atoms with van der Waals surface area (Å²) in [6.45, 7) is 33.5. The van der Waals surface area contributed by atoms with Crippen LogP contribution < -0.4 is 0 Å². The van der Waals surface area contributed by atoms with Crippen LogP contribution in [0.5, 0.6) is 0 Å². The summed E-state index contributed by atoms with van der Waals surface area (Å²) in [6, 6.07) is 21.6. The molecule has 0 saturated heterocycles. The molecule has 0 heteroatoms. The first kappa shape index (κ1) is 33.2. The van der Waals surface area contributed by atoms with Crippen LogP contribution in [0.3, 0.4) is 0 Å². The predicted molar refractivity (Wildman–Crippen MR) is 183 cm³/mol. The molecule has 0 aliphatic rings. The van der Waals surface area contributed by atoms with Crippen LogP contribution >= 0.6 is 0 Å². The third-order valence-electron chi connectivity index (χ3n) is 11.2. The topological polar surface area (TPSA) is 0 Å². The number of hydrogen-bond donors (Lipinski definition) is 0. The molecule has 0 unspecified atom stereocenters. The Bertz CT molecular complexity index is 1240. The van der Waals surface area contributed by atoms with Gasteiger partial charge in [0.25, 0.3) is 0 Å². The van der Waals surface area contributed by atoms with Crippen molar-refractivity contribution in [2.75, 3.05) is 0 Å². The minimum Gasteiger partial charge on any atom is -0.0646 e. The first-order valence-electron chi connectivity index (χ1n) is 16.3. The molecule has 0 fully saturated rings. The highest BCUT2D eigenvalue weighted by Gasteiger charge is 2.33. The Hall–Kier alpha value is -2.34. The van der Waals surface area contributed by atoms with Crippen LogP contribution in [0.25, 0.3) is 0 Å². The van der Waals surface area contributed by atoms with Crippen molar-refractivity contribution in [1.82, 2.24) is 0 Å². The Morgan fingerprint density at radius 3 is 1.15 bits per heavy atom. The predicted octanol–water partition coefficient (Wildman–Crippen LogP) is 12.2. The van der Waals surface area contributed by atoms with E-state index in [-0.39, 0.29) is 27.6 Å². The molecule has 0 aliphatic carbocycles. The Kier molecular flexibility index (Phi) is 9.79. The van der Waals surface area contributed by atoms with Gasteiger partial charge in [0.1, 0.15) is 0 Å². The molecule has 0 amide bonds. The summed E-state index contributed by atoms with van der Waals surface area (Å²) in [6.07, 6.45) is 4.47. The highest BCUT2D eigenvalue weighted by molar-refractivity contribution is 5.57. The lowest BCUT2D eigenvalue weighted by Crippen LogP contribution is -2.25. The van der Waals surface area contributed by atoms with Crippen LogP contribution in [-0.4, -0.2) is 0 Å². The maximum Gasteiger partial charge on any atom is 0.0345 e. The lowest BCUT2D eigenvalue weighted by atomic mass is 9.68. The Morgan fingerprint density at radius 1 is 0.488 bits per heavy atom. The van der Waals surface area contributed by atoms with Gasteiger partial charge in [-0.05, 0) is 111 Å². The molecule has 41 heavy (non-hydrogen) atoms. The van der Waals surface area contributed by atoms with E-state index in [1.54, 1.807) is 0 Å². The van der Waals surface area contributed by atoms with E-state index in [0.717, 1.165) is 25.7 Å². The van der Waals surface area contributed by atoms with Gasteiger partial charge in [-0.3, -0.25) is 0 Å². The van der Waals surface area contributed by atoms with Crippen molar-refractivity contribution in [2.45, 2.75) is 150 Å². The summed E-state index contributed by atoms with van der Waals surface area (Å²) in [5.74, 6) is 0.175. The minimum atomic E-state index is 0.107. The second-order valence-electron chi connectivity index (χ2n) is 15.3. The largest absolute Gasteiger partial charge is 0.0646 e. The molecule has 224 valence electrons. The van der Waals surface area contributed by atoms with E-state index in [1.807, 2.05) is 0 Å². The number of rotatable bonds is 11. The lowest BCUT2D eigenvalue weighted by molar-refractivity contribution is 0.483. The molecule has 0 heterocycles. The molecular weight excluding hydrogens is 492 g/mol. The summed E-state index contributed by atoms with van der Waals surface area (Å²) < 4.78 is 0. The molecule has 0 radical (unpaired) electrons. The second-order valence-corrected chi connectivity index (χ2v) is 15.3. The average molecular weight is 553 g/mol. The molecule has 0 aromatic heterocycles. The number of hydrogen-bond acceptors (Lipinski definition) is 0. The summed E-state index contributed by atoms with van der Waals surface area (Å²) in [4.78, 5) is 0. The van der Waals surface area contributed by atoms with Crippen molar-refractivity contribution in [3.63, 3.8) is 0 Å². The van der Waals surface area contributed by atoms with Crippen LogP contribution in [0, 0.1) is 13.8 Å². The molecule has 0 aliphatic heterocycles. The molecule has 0 atom stereocenters. The van der Waals surface area contributed by atoms with Gasteiger partial charge in [-0.15, -0.1) is 0 Å². The van der Waals surface area contributed by atoms with E-state index in [1.165, 1.54) is 50.1 Å². The van der Waals surface area contributed by atoms with Gasteiger partial charge in [-0.1, -0.05) is 138 Å². The third kappa shape index (κ3) is 6.53. The van der Waals surface area contributed by atoms with Gasteiger partial charge >= 0.3 is 0 Å². The monoisotopic (exact) mass is 552 g/mol. The third-order valence-corrected chi connectivity index (χ3v) is 11.2. The van der Waals surface area contributed by atoms with Crippen molar-refractivity contribution in [3.8, 4) is 0 Å². The molecular formula is C41H60. The fourth-order valence-corrected chi connectivity index (χ4v) is 6.22. The highest BCUT2D eigenvalue weighted by Crippen LogP contribution is 2.46. The Balaban J connectivity index is 2.57. The molecule has 0 bridgehead atoms. The van der Waals surface area contributed by atoms with Crippen LogP contribution in [0.4, 0.5) is 0 Å². The molecule has 3 aromatic rings. The van der Waals surface area contributed by atoms with Crippen molar-refractivity contribution >= 4 is 0 Å². The summed E-state index contributed by atoms with van der Waals surface area (Å²) >= 11 is 0. The first-order chi connectivity index (χ1) is 19.0. The fourth-order valence-electron chi connectivity index (χ4n) is 6.22. The molecule has 0 spiro atoms. The van der Waals surface area contributed by atoms with Gasteiger partial charge in [-0.2, -0.15) is 0 Å². The van der Waals surface area contributed by atoms with Gasteiger partial charge < -0.3 is 0 Å². The summed E-state index contributed by atoms with van der Waals surface area (Å²) in [5.41, 5.74) is 13.6. The van der Waals surface area contributed by atoms with Gasteiger partial charge in [0, 0.05) is 5.92 Å². The van der Waals surface area contributed by atoms with Gasteiger partial charge in [-0.25, -0.2) is 0 Å². The first-order valence-corrected chi connectivity index (χ1v) is 16.3. The van der Waals surface area contributed by atoms with E-state index in [4.69, 9.17) is 0 Å². The van der Waals surface area contributed by atoms with Crippen molar-refractivity contribution < 1.29 is 0 Å². The van der Waals surface area contributed by atoms with E-state index in [2.05, 4.69) is 152 Å². The van der Waals surface area contributed by atoms with Crippen LogP contribution in [0.15, 0.2) is 54.6 Å². The van der Waals surface area contributed by atoms with Crippen LogP contribution in [0.2, 0.25) is 0 Å². The standard InChI is InChI=1S/C41H60/c1-15-38(7,8)31-24-33(28(5)35(26-31)40(11,12)17-3)37(30-22-20-19-21-23-30)34-25-32(39(9,10)16-2)27-36(29(34)6)41(13,14)18-4/h19-27,37H,15-18H2,1-14H3. The Labute approximate surface area is 254 Å². The van der Waals surface area contributed by atoms with E-state index < -0.39 is 0 Å². The summed E-state index contributed by atoms with van der Waals surface area (Å²) in [5, 5.41) is 0. The molecule has 3 aromatic carbocycles. The highest BCUT2D eigenvalue weighted by atomic mass is 14.4. The zero-order chi connectivity index (χ0) is 31.0. The van der Waals surface area contributed by atoms with Crippen molar-refractivity contribution in [2.24, 2.45) is 0 Å². The van der Waals surface area contributed by atoms with Crippen molar-refractivity contribution in [3.05, 3.63) is 105 Å². The van der Waals surface area contributed by atoms with Gasteiger partial charge in [0.15, 0.2) is 0 Å². The van der Waals surface area contributed by atoms with E-state index in [9.17, 15) is 0 Å². The quantitative estimate of drug-likeness (QED) is 0.207. The second kappa shape index (κ2) is 12.1.